The predicted octanol–water partition coefficient (Wildman–Crippen LogP) is -0.832. The van der Waals surface area contributed by atoms with Crippen LogP contribution in [0.25, 0.3) is 6.08 Å². The van der Waals surface area contributed by atoms with E-state index in [1.807, 2.05) is 0 Å². The zero-order valence-corrected chi connectivity index (χ0v) is 18.5. The van der Waals surface area contributed by atoms with Crippen LogP contribution in [-0.4, -0.2) is 92.9 Å². The molecule has 1 saturated heterocycles. The molecule has 0 aromatic heterocycles. The monoisotopic (exact) mass is 492 g/mol. The van der Waals surface area contributed by atoms with E-state index in [9.17, 15) is 35.4 Å². The summed E-state index contributed by atoms with van der Waals surface area (Å²) in [5.74, 6) is -1.58. The maximum absolute atomic E-state index is 12.2. The Hall–Kier alpha value is -2.77. The Labute approximate surface area is 200 Å². The number of aliphatic hydroxyl groups excluding tert-OH is 5. The minimum atomic E-state index is -1.62. The SMILES string of the molecule is O=C(C=Cc1ccc(O)cc1)OCC1=CC(O)C2C=COC(OC3OC(CO)C(O)C(O)C3O)C12. The van der Waals surface area contributed by atoms with E-state index >= 15 is 0 Å². The van der Waals surface area contributed by atoms with Gasteiger partial charge in [-0.1, -0.05) is 18.2 Å². The molecule has 190 valence electrons. The van der Waals surface area contributed by atoms with Gasteiger partial charge in [-0.15, -0.1) is 0 Å². The van der Waals surface area contributed by atoms with E-state index in [-0.39, 0.29) is 12.4 Å². The number of phenols is 1. The molecular formula is C24H28O11. The maximum Gasteiger partial charge on any atom is 0.331 e. The van der Waals surface area contributed by atoms with Gasteiger partial charge in [-0.25, -0.2) is 4.79 Å². The number of ether oxygens (including phenoxy) is 4. The van der Waals surface area contributed by atoms with E-state index in [4.69, 9.17) is 18.9 Å². The summed E-state index contributed by atoms with van der Waals surface area (Å²) < 4.78 is 22.0. The largest absolute Gasteiger partial charge is 0.508 e. The van der Waals surface area contributed by atoms with Crippen LogP contribution >= 0.6 is 0 Å². The molecule has 2 aliphatic heterocycles. The predicted molar refractivity (Wildman–Crippen MR) is 118 cm³/mol. The van der Waals surface area contributed by atoms with Gasteiger partial charge in [0.1, 0.15) is 36.8 Å². The fraction of sp³-hybridized carbons (Fsp3) is 0.458. The fourth-order valence-corrected chi connectivity index (χ4v) is 4.31. The number of hydrogen-bond donors (Lipinski definition) is 6. The second-order valence-electron chi connectivity index (χ2n) is 8.53. The number of fused-ring (bicyclic) bond motifs is 1. The molecule has 1 aliphatic carbocycles. The first-order chi connectivity index (χ1) is 16.8. The van der Waals surface area contributed by atoms with Gasteiger partial charge in [0.05, 0.1) is 24.9 Å². The molecule has 4 rings (SSSR count). The number of carbonyl (C=O) groups excluding carboxylic acids is 1. The molecular weight excluding hydrogens is 464 g/mol. The Balaban J connectivity index is 1.40. The van der Waals surface area contributed by atoms with E-state index < -0.39 is 67.5 Å². The molecule has 0 saturated carbocycles. The highest BCUT2D eigenvalue weighted by atomic mass is 16.8. The number of esters is 1. The molecule has 1 fully saturated rings. The van der Waals surface area contributed by atoms with Gasteiger partial charge in [0, 0.05) is 12.0 Å². The van der Waals surface area contributed by atoms with Gasteiger partial charge in [0.15, 0.2) is 6.29 Å². The molecule has 2 heterocycles. The average molecular weight is 492 g/mol. The number of aromatic hydroxyl groups is 1. The second-order valence-corrected chi connectivity index (χ2v) is 8.53. The molecule has 0 amide bonds. The van der Waals surface area contributed by atoms with Crippen LogP contribution in [0.1, 0.15) is 5.56 Å². The van der Waals surface area contributed by atoms with E-state index in [1.54, 1.807) is 18.2 Å². The number of aliphatic hydroxyl groups is 5. The standard InChI is InChI=1S/C24H28O11/c25-10-17-20(29)21(30)22(31)24(34-17)35-23-19-13(9-16(27)15(19)7-8-32-23)11-33-18(28)6-3-12-1-4-14(26)5-2-12/h1-9,15-17,19-27,29-31H,10-11H2. The molecule has 9 unspecified atom stereocenters. The van der Waals surface area contributed by atoms with Crippen molar-refractivity contribution in [1.82, 2.24) is 0 Å². The van der Waals surface area contributed by atoms with Gasteiger partial charge in [0.25, 0.3) is 0 Å². The van der Waals surface area contributed by atoms with Crippen LogP contribution in [0.4, 0.5) is 0 Å². The highest BCUT2D eigenvalue weighted by Crippen LogP contribution is 2.41. The van der Waals surface area contributed by atoms with Crippen molar-refractivity contribution in [2.45, 2.75) is 43.1 Å². The minimum absolute atomic E-state index is 0.107. The number of benzene rings is 1. The molecule has 3 aliphatic rings. The molecule has 6 N–H and O–H groups in total. The minimum Gasteiger partial charge on any atom is -0.508 e. The lowest BCUT2D eigenvalue weighted by Crippen LogP contribution is -2.60. The third-order valence-corrected chi connectivity index (χ3v) is 6.23. The molecule has 0 radical (unpaired) electrons. The first kappa shape index (κ1) is 25.3. The summed E-state index contributed by atoms with van der Waals surface area (Å²) in [4.78, 5) is 12.2. The molecule has 0 spiro atoms. The topological polar surface area (TPSA) is 175 Å². The zero-order chi connectivity index (χ0) is 25.1. The quantitative estimate of drug-likeness (QED) is 0.159. The average Bonchev–Trinajstić information content (AvgIpc) is 3.19. The molecule has 11 nitrogen and oxygen atoms in total. The summed E-state index contributed by atoms with van der Waals surface area (Å²) in [6.45, 7) is -0.775. The number of rotatable bonds is 7. The lowest BCUT2D eigenvalue weighted by Gasteiger charge is -2.42. The molecule has 1 aromatic carbocycles. The van der Waals surface area contributed by atoms with Gasteiger partial charge >= 0.3 is 5.97 Å². The van der Waals surface area contributed by atoms with Crippen molar-refractivity contribution in [3.8, 4) is 5.75 Å². The van der Waals surface area contributed by atoms with Gasteiger partial charge in [-0.2, -0.15) is 0 Å². The van der Waals surface area contributed by atoms with Crippen molar-refractivity contribution in [1.29, 1.82) is 0 Å². The van der Waals surface area contributed by atoms with E-state index in [0.29, 0.717) is 11.1 Å². The van der Waals surface area contributed by atoms with Crippen molar-refractivity contribution in [2.75, 3.05) is 13.2 Å². The Morgan fingerprint density at radius 1 is 1.03 bits per heavy atom. The third-order valence-electron chi connectivity index (χ3n) is 6.23. The smallest absolute Gasteiger partial charge is 0.331 e. The van der Waals surface area contributed by atoms with Crippen LogP contribution in [0, 0.1) is 11.8 Å². The Kier molecular flexibility index (Phi) is 7.87. The Bertz CT molecular complexity index is 970. The Morgan fingerprint density at radius 2 is 1.77 bits per heavy atom. The summed E-state index contributed by atoms with van der Waals surface area (Å²) in [7, 11) is 0. The lowest BCUT2D eigenvalue weighted by atomic mass is 9.88. The van der Waals surface area contributed by atoms with Gasteiger partial charge < -0.3 is 49.6 Å². The van der Waals surface area contributed by atoms with Crippen LogP contribution in [-0.2, 0) is 23.7 Å². The van der Waals surface area contributed by atoms with Crippen LogP contribution in [0.2, 0.25) is 0 Å². The van der Waals surface area contributed by atoms with E-state index in [2.05, 4.69) is 0 Å². The Morgan fingerprint density at radius 3 is 2.49 bits per heavy atom. The zero-order valence-electron chi connectivity index (χ0n) is 18.5. The summed E-state index contributed by atoms with van der Waals surface area (Å²) in [6.07, 6.45) is -2.08. The number of carbonyl (C=O) groups is 1. The van der Waals surface area contributed by atoms with Crippen molar-refractivity contribution in [3.05, 3.63) is 59.9 Å². The summed E-state index contributed by atoms with van der Waals surface area (Å²) >= 11 is 0. The fourth-order valence-electron chi connectivity index (χ4n) is 4.31. The molecule has 0 bridgehead atoms. The van der Waals surface area contributed by atoms with Gasteiger partial charge in [-0.05, 0) is 35.4 Å². The van der Waals surface area contributed by atoms with E-state index in [0.717, 1.165) is 0 Å². The first-order valence-electron chi connectivity index (χ1n) is 11.1. The highest BCUT2D eigenvalue weighted by Gasteiger charge is 2.49. The van der Waals surface area contributed by atoms with E-state index in [1.165, 1.54) is 36.6 Å². The molecule has 11 heteroatoms. The molecule has 35 heavy (non-hydrogen) atoms. The van der Waals surface area contributed by atoms with Crippen molar-refractivity contribution in [3.63, 3.8) is 0 Å². The summed E-state index contributed by atoms with van der Waals surface area (Å²) in [5, 5.41) is 59.4. The molecule has 1 aromatic rings. The van der Waals surface area contributed by atoms with Crippen LogP contribution in [0.5, 0.6) is 5.75 Å². The van der Waals surface area contributed by atoms with Crippen molar-refractivity contribution in [2.24, 2.45) is 11.8 Å². The van der Waals surface area contributed by atoms with Crippen LogP contribution < -0.4 is 0 Å². The highest BCUT2D eigenvalue weighted by molar-refractivity contribution is 5.87. The summed E-state index contributed by atoms with van der Waals surface area (Å²) in [5.41, 5.74) is 1.21. The van der Waals surface area contributed by atoms with Crippen LogP contribution in [0.15, 0.2) is 54.3 Å². The molecule has 9 atom stereocenters. The van der Waals surface area contributed by atoms with Crippen molar-refractivity contribution >= 4 is 12.0 Å². The van der Waals surface area contributed by atoms with Gasteiger partial charge in [-0.3, -0.25) is 0 Å². The van der Waals surface area contributed by atoms with Gasteiger partial charge in [0.2, 0.25) is 6.29 Å². The van der Waals surface area contributed by atoms with Crippen molar-refractivity contribution < 1.29 is 54.4 Å². The maximum atomic E-state index is 12.2. The number of phenolic OH excluding ortho intramolecular Hbond substituents is 1. The summed E-state index contributed by atoms with van der Waals surface area (Å²) in [6, 6.07) is 6.24. The third kappa shape index (κ3) is 5.57. The van der Waals surface area contributed by atoms with Crippen LogP contribution in [0.3, 0.4) is 0 Å². The normalized spacial score (nSPS) is 36.5. The number of hydrogen-bond acceptors (Lipinski definition) is 11. The second kappa shape index (κ2) is 10.9. The first-order valence-corrected chi connectivity index (χ1v) is 11.1. The lowest BCUT2D eigenvalue weighted by molar-refractivity contribution is -0.339.